The zero-order valence-corrected chi connectivity index (χ0v) is 14.0. The quantitative estimate of drug-likeness (QED) is 0.768. The monoisotopic (exact) mass is 301 g/mol. The van der Waals surface area contributed by atoms with Crippen LogP contribution in [0.1, 0.15) is 75.8 Å². The molecule has 0 spiro atoms. The Hall–Kier alpha value is -0.860. The van der Waals surface area contributed by atoms with Crippen LogP contribution in [0, 0.1) is 0 Å². The molecular formula is C20H31NO. The van der Waals surface area contributed by atoms with E-state index in [1.54, 1.807) is 0 Å². The number of fused-ring (bicyclic) bond motifs is 2. The second kappa shape index (κ2) is 7.14. The number of nitrogens with one attached hydrogen (secondary N) is 1. The predicted octanol–water partition coefficient (Wildman–Crippen LogP) is 4.30. The van der Waals surface area contributed by atoms with Gasteiger partial charge in [-0.2, -0.15) is 0 Å². The van der Waals surface area contributed by atoms with Gasteiger partial charge in [-0.3, -0.25) is 0 Å². The molecule has 2 heterocycles. The van der Waals surface area contributed by atoms with Gasteiger partial charge in [0.25, 0.3) is 0 Å². The van der Waals surface area contributed by atoms with Crippen LogP contribution in [-0.2, 0) is 12.0 Å². The molecule has 0 radical (unpaired) electrons. The Morgan fingerprint density at radius 3 is 2.36 bits per heavy atom. The molecule has 122 valence electrons. The van der Waals surface area contributed by atoms with Crippen molar-refractivity contribution in [1.29, 1.82) is 0 Å². The summed E-state index contributed by atoms with van der Waals surface area (Å²) in [5, 5.41) is 14.8. The number of aryl methyl sites for hydroxylation is 1. The Bertz CT molecular complexity index is 455. The third-order valence-corrected chi connectivity index (χ3v) is 5.56. The Morgan fingerprint density at radius 1 is 1.05 bits per heavy atom. The van der Waals surface area contributed by atoms with Crippen molar-refractivity contribution in [2.24, 2.45) is 0 Å². The van der Waals surface area contributed by atoms with Crippen LogP contribution in [0.5, 0.6) is 0 Å². The van der Waals surface area contributed by atoms with Gasteiger partial charge in [-0.15, -0.1) is 0 Å². The fourth-order valence-electron chi connectivity index (χ4n) is 4.30. The number of unbranched alkanes of at least 4 members (excludes halogenated alkanes) is 3. The van der Waals surface area contributed by atoms with Gasteiger partial charge in [-0.25, -0.2) is 0 Å². The zero-order valence-electron chi connectivity index (χ0n) is 14.0. The molecule has 1 aromatic rings. The molecule has 3 rings (SSSR count). The van der Waals surface area contributed by atoms with E-state index in [-0.39, 0.29) is 0 Å². The average molecular weight is 301 g/mol. The molecule has 2 nitrogen and oxygen atoms in total. The largest absolute Gasteiger partial charge is 0.385 e. The maximum absolute atomic E-state index is 11.1. The fourth-order valence-corrected chi connectivity index (χ4v) is 4.30. The van der Waals surface area contributed by atoms with E-state index in [4.69, 9.17) is 0 Å². The molecule has 2 bridgehead atoms. The lowest BCUT2D eigenvalue weighted by Gasteiger charge is -2.45. The number of aliphatic hydroxyl groups is 1. The zero-order chi connectivity index (χ0) is 15.4. The number of rotatable bonds is 6. The lowest BCUT2D eigenvalue weighted by Crippen LogP contribution is -2.54. The van der Waals surface area contributed by atoms with Crippen LogP contribution >= 0.6 is 0 Å². The maximum atomic E-state index is 11.1. The van der Waals surface area contributed by atoms with Gasteiger partial charge in [0.05, 0.1) is 5.60 Å². The molecule has 0 aliphatic carbocycles. The van der Waals surface area contributed by atoms with E-state index >= 15 is 0 Å². The second-order valence-electron chi connectivity index (χ2n) is 7.44. The van der Waals surface area contributed by atoms with Crippen molar-refractivity contribution in [2.45, 2.75) is 88.8 Å². The van der Waals surface area contributed by atoms with E-state index in [2.05, 4.69) is 36.5 Å². The summed E-state index contributed by atoms with van der Waals surface area (Å²) in [6.07, 6.45) is 11.9. The second-order valence-corrected chi connectivity index (χ2v) is 7.44. The van der Waals surface area contributed by atoms with Crippen molar-refractivity contribution in [1.82, 2.24) is 5.32 Å². The molecular weight excluding hydrogens is 270 g/mol. The number of hydrogen-bond acceptors (Lipinski definition) is 2. The van der Waals surface area contributed by atoms with Crippen molar-refractivity contribution < 1.29 is 5.11 Å². The standard InChI is InChI=1S/C20H31NO/c1-2-3-4-5-7-16-10-12-17(13-11-16)20(22)14-18-8-6-9-19(15-20)21-18/h10-13,18-19,21-22H,2-9,14-15H2,1H3. The highest BCUT2D eigenvalue weighted by molar-refractivity contribution is 5.28. The molecule has 2 heteroatoms. The number of piperidine rings is 2. The minimum absolute atomic E-state index is 0.506. The summed E-state index contributed by atoms with van der Waals surface area (Å²) in [5.41, 5.74) is 1.93. The Labute approximate surface area is 135 Å². The van der Waals surface area contributed by atoms with E-state index in [0.717, 1.165) is 18.4 Å². The van der Waals surface area contributed by atoms with E-state index in [1.165, 1.54) is 56.9 Å². The molecule has 2 atom stereocenters. The van der Waals surface area contributed by atoms with Gasteiger partial charge in [0, 0.05) is 12.1 Å². The van der Waals surface area contributed by atoms with E-state index in [9.17, 15) is 5.11 Å². The predicted molar refractivity (Wildman–Crippen MR) is 92.0 cm³/mol. The number of benzene rings is 1. The summed E-state index contributed by atoms with van der Waals surface area (Å²) >= 11 is 0. The van der Waals surface area contributed by atoms with Crippen molar-refractivity contribution in [2.75, 3.05) is 0 Å². The summed E-state index contributed by atoms with van der Waals surface area (Å²) in [6, 6.07) is 9.83. The van der Waals surface area contributed by atoms with Crippen molar-refractivity contribution in [3.8, 4) is 0 Å². The molecule has 2 N–H and O–H groups in total. The first kappa shape index (κ1) is 16.0. The van der Waals surface area contributed by atoms with Crippen molar-refractivity contribution in [3.63, 3.8) is 0 Å². The van der Waals surface area contributed by atoms with Crippen LogP contribution in [0.2, 0.25) is 0 Å². The van der Waals surface area contributed by atoms with Crippen molar-refractivity contribution >= 4 is 0 Å². The average Bonchev–Trinajstić information content (AvgIpc) is 2.52. The molecule has 0 amide bonds. The number of hydrogen-bond donors (Lipinski definition) is 2. The van der Waals surface area contributed by atoms with Crippen LogP contribution in [0.3, 0.4) is 0 Å². The van der Waals surface area contributed by atoms with Gasteiger partial charge in [0.1, 0.15) is 0 Å². The molecule has 1 aromatic carbocycles. The molecule has 2 aliphatic rings. The SMILES string of the molecule is CCCCCCc1ccc(C2(O)CC3CCCC(C2)N3)cc1. The normalized spacial score (nSPS) is 31.2. The summed E-state index contributed by atoms with van der Waals surface area (Å²) in [6.45, 7) is 2.25. The van der Waals surface area contributed by atoms with Gasteiger partial charge in [-0.05, 0) is 49.7 Å². The Kier molecular flexibility index (Phi) is 5.20. The highest BCUT2D eigenvalue weighted by Crippen LogP contribution is 2.39. The van der Waals surface area contributed by atoms with Crippen LogP contribution in [-0.4, -0.2) is 17.2 Å². The summed E-state index contributed by atoms with van der Waals surface area (Å²) in [5.74, 6) is 0. The topological polar surface area (TPSA) is 32.3 Å². The Balaban J connectivity index is 1.62. The summed E-state index contributed by atoms with van der Waals surface area (Å²) < 4.78 is 0. The lowest BCUT2D eigenvalue weighted by atomic mass is 9.74. The highest BCUT2D eigenvalue weighted by atomic mass is 16.3. The summed E-state index contributed by atoms with van der Waals surface area (Å²) in [4.78, 5) is 0. The van der Waals surface area contributed by atoms with E-state index in [1.807, 2.05) is 0 Å². The van der Waals surface area contributed by atoms with Gasteiger partial charge in [-0.1, -0.05) is 56.9 Å². The third-order valence-electron chi connectivity index (χ3n) is 5.56. The minimum atomic E-state index is -0.609. The van der Waals surface area contributed by atoms with Gasteiger partial charge >= 0.3 is 0 Å². The maximum Gasteiger partial charge on any atom is 0.0926 e. The van der Waals surface area contributed by atoms with Gasteiger partial charge < -0.3 is 10.4 Å². The first-order valence-corrected chi connectivity index (χ1v) is 9.27. The highest BCUT2D eigenvalue weighted by Gasteiger charge is 2.41. The van der Waals surface area contributed by atoms with Crippen LogP contribution < -0.4 is 5.32 Å². The van der Waals surface area contributed by atoms with Crippen LogP contribution in [0.4, 0.5) is 0 Å². The molecule has 0 saturated carbocycles. The molecule has 2 unspecified atom stereocenters. The smallest absolute Gasteiger partial charge is 0.0926 e. The van der Waals surface area contributed by atoms with Crippen molar-refractivity contribution in [3.05, 3.63) is 35.4 Å². The lowest BCUT2D eigenvalue weighted by molar-refractivity contribution is -0.0358. The third kappa shape index (κ3) is 3.72. The first-order chi connectivity index (χ1) is 10.7. The fraction of sp³-hybridized carbons (Fsp3) is 0.700. The molecule has 2 fully saturated rings. The minimum Gasteiger partial charge on any atom is -0.385 e. The van der Waals surface area contributed by atoms with Crippen LogP contribution in [0.15, 0.2) is 24.3 Å². The molecule has 0 aromatic heterocycles. The van der Waals surface area contributed by atoms with E-state index < -0.39 is 5.60 Å². The van der Waals surface area contributed by atoms with Gasteiger partial charge in [0.15, 0.2) is 0 Å². The van der Waals surface area contributed by atoms with E-state index in [0.29, 0.717) is 12.1 Å². The van der Waals surface area contributed by atoms with Gasteiger partial charge in [0.2, 0.25) is 0 Å². The van der Waals surface area contributed by atoms with Crippen LogP contribution in [0.25, 0.3) is 0 Å². The molecule has 22 heavy (non-hydrogen) atoms. The Morgan fingerprint density at radius 2 is 1.73 bits per heavy atom. The summed E-state index contributed by atoms with van der Waals surface area (Å²) in [7, 11) is 0. The first-order valence-electron chi connectivity index (χ1n) is 9.27. The molecule has 2 aliphatic heterocycles. The molecule has 2 saturated heterocycles.